The van der Waals surface area contributed by atoms with Gasteiger partial charge in [0.2, 0.25) is 5.88 Å². The number of nitrogen functional groups attached to an aromatic ring is 1. The average molecular weight is 280 g/mol. The van der Waals surface area contributed by atoms with Crippen LogP contribution in [-0.4, -0.2) is 17.1 Å². The zero-order chi connectivity index (χ0) is 13.8. The van der Waals surface area contributed by atoms with Crippen molar-refractivity contribution in [2.75, 3.05) is 12.8 Å². The molecule has 0 saturated heterocycles. The lowest BCUT2D eigenvalue weighted by Gasteiger charge is -2.10. The Morgan fingerprint density at radius 2 is 2.16 bits per heavy atom. The Kier molecular flexibility index (Phi) is 4.06. The summed E-state index contributed by atoms with van der Waals surface area (Å²) in [5, 5.41) is 0.291. The molecular formula is C13H14ClN3O2. The van der Waals surface area contributed by atoms with Crippen LogP contribution in [0.4, 0.5) is 5.69 Å². The molecule has 0 aliphatic heterocycles. The van der Waals surface area contributed by atoms with Crippen LogP contribution in [0.15, 0.2) is 24.4 Å². The molecule has 0 radical (unpaired) electrons. The lowest BCUT2D eigenvalue weighted by atomic mass is 10.1. The second-order valence-corrected chi connectivity index (χ2v) is 4.24. The molecule has 0 unspecified atom stereocenters. The molecule has 2 N–H and O–H groups in total. The summed E-state index contributed by atoms with van der Waals surface area (Å²) in [4.78, 5) is 7.90. The number of nitrogens with zero attached hydrogens (tertiary/aromatic N) is 2. The topological polar surface area (TPSA) is 70.3 Å². The third kappa shape index (κ3) is 3.06. The number of hydrogen-bond donors (Lipinski definition) is 1. The molecule has 19 heavy (non-hydrogen) atoms. The number of aryl methyl sites for hydroxylation is 1. The first kappa shape index (κ1) is 13.4. The standard InChI is InChI=1S/C13H14ClN3O2/c1-3-8-4-5-11(10(15)6-8)19-12-9(14)7-16-13(17-12)18-2/h4-7H,3,15H2,1-2H3. The molecule has 1 heterocycles. The minimum Gasteiger partial charge on any atom is -0.467 e. The zero-order valence-corrected chi connectivity index (χ0v) is 11.4. The van der Waals surface area contributed by atoms with Crippen LogP contribution in [0.3, 0.4) is 0 Å². The van der Waals surface area contributed by atoms with Crippen molar-refractivity contribution in [1.29, 1.82) is 0 Å². The summed E-state index contributed by atoms with van der Waals surface area (Å²) in [6.45, 7) is 2.06. The Balaban J connectivity index is 2.30. The van der Waals surface area contributed by atoms with Crippen LogP contribution in [0.25, 0.3) is 0 Å². The van der Waals surface area contributed by atoms with Crippen LogP contribution in [0.2, 0.25) is 5.02 Å². The predicted molar refractivity (Wildman–Crippen MR) is 73.9 cm³/mol. The summed E-state index contributed by atoms with van der Waals surface area (Å²) >= 11 is 5.97. The minimum absolute atomic E-state index is 0.183. The van der Waals surface area contributed by atoms with Crippen LogP contribution in [0, 0.1) is 0 Å². The van der Waals surface area contributed by atoms with E-state index in [4.69, 9.17) is 26.8 Å². The Hall–Kier alpha value is -2.01. The zero-order valence-electron chi connectivity index (χ0n) is 10.7. The predicted octanol–water partition coefficient (Wildman–Crippen LogP) is 3.08. The average Bonchev–Trinajstić information content (AvgIpc) is 2.43. The van der Waals surface area contributed by atoms with Crippen LogP contribution in [0.1, 0.15) is 12.5 Å². The molecule has 0 fully saturated rings. The highest BCUT2D eigenvalue weighted by molar-refractivity contribution is 6.31. The lowest BCUT2D eigenvalue weighted by Crippen LogP contribution is -1.98. The minimum atomic E-state index is 0.183. The van der Waals surface area contributed by atoms with Crippen LogP contribution in [-0.2, 0) is 6.42 Å². The van der Waals surface area contributed by atoms with Gasteiger partial charge in [0.25, 0.3) is 0 Å². The largest absolute Gasteiger partial charge is 0.467 e. The maximum Gasteiger partial charge on any atom is 0.319 e. The monoisotopic (exact) mass is 279 g/mol. The number of halogens is 1. The molecule has 0 saturated carbocycles. The van der Waals surface area contributed by atoms with E-state index < -0.39 is 0 Å². The molecular weight excluding hydrogens is 266 g/mol. The van der Waals surface area contributed by atoms with Gasteiger partial charge in [0.05, 0.1) is 19.0 Å². The van der Waals surface area contributed by atoms with Crippen molar-refractivity contribution in [3.8, 4) is 17.6 Å². The lowest BCUT2D eigenvalue weighted by molar-refractivity contribution is 0.366. The van der Waals surface area contributed by atoms with Crippen LogP contribution >= 0.6 is 11.6 Å². The molecule has 0 amide bonds. The van der Waals surface area contributed by atoms with E-state index in [0.717, 1.165) is 12.0 Å². The van der Waals surface area contributed by atoms with Gasteiger partial charge in [0.15, 0.2) is 5.75 Å². The quantitative estimate of drug-likeness (QED) is 0.871. The molecule has 2 rings (SSSR count). The van der Waals surface area contributed by atoms with Gasteiger partial charge in [-0.3, -0.25) is 0 Å². The molecule has 1 aromatic carbocycles. The molecule has 0 aliphatic rings. The molecule has 0 bridgehead atoms. The van der Waals surface area contributed by atoms with E-state index in [1.807, 2.05) is 12.1 Å². The van der Waals surface area contributed by atoms with Gasteiger partial charge in [-0.1, -0.05) is 24.6 Å². The highest BCUT2D eigenvalue weighted by Crippen LogP contribution is 2.31. The smallest absolute Gasteiger partial charge is 0.319 e. The fourth-order valence-corrected chi connectivity index (χ4v) is 1.65. The Morgan fingerprint density at radius 3 is 2.79 bits per heavy atom. The number of methoxy groups -OCH3 is 1. The van der Waals surface area contributed by atoms with Crippen molar-refractivity contribution in [2.24, 2.45) is 0 Å². The van der Waals surface area contributed by atoms with Crippen molar-refractivity contribution >= 4 is 17.3 Å². The molecule has 0 aliphatic carbocycles. The van der Waals surface area contributed by atoms with Gasteiger partial charge in [-0.2, -0.15) is 4.98 Å². The van der Waals surface area contributed by atoms with Crippen LogP contribution in [0.5, 0.6) is 17.6 Å². The van der Waals surface area contributed by atoms with Crippen molar-refractivity contribution in [3.05, 3.63) is 35.0 Å². The summed E-state index contributed by atoms with van der Waals surface area (Å²) in [5.74, 6) is 0.712. The third-order valence-electron chi connectivity index (χ3n) is 2.56. The normalized spacial score (nSPS) is 10.3. The Labute approximate surface area is 116 Å². The van der Waals surface area contributed by atoms with Gasteiger partial charge < -0.3 is 15.2 Å². The van der Waals surface area contributed by atoms with E-state index in [1.165, 1.54) is 13.3 Å². The number of rotatable bonds is 4. The number of anilines is 1. The number of ether oxygens (including phenoxy) is 2. The van der Waals surface area contributed by atoms with E-state index >= 15 is 0 Å². The van der Waals surface area contributed by atoms with Gasteiger partial charge in [-0.25, -0.2) is 4.98 Å². The summed E-state index contributed by atoms with van der Waals surface area (Å²) in [5.41, 5.74) is 7.59. The number of hydrogen-bond acceptors (Lipinski definition) is 5. The number of nitrogens with two attached hydrogens (primary N) is 1. The first-order valence-corrected chi connectivity index (χ1v) is 6.14. The number of aromatic nitrogens is 2. The highest BCUT2D eigenvalue weighted by Gasteiger charge is 2.10. The second-order valence-electron chi connectivity index (χ2n) is 3.84. The summed E-state index contributed by atoms with van der Waals surface area (Å²) < 4.78 is 10.5. The van der Waals surface area contributed by atoms with E-state index in [1.54, 1.807) is 6.07 Å². The molecule has 0 atom stereocenters. The fraction of sp³-hybridized carbons (Fsp3) is 0.231. The first-order chi connectivity index (χ1) is 9.13. The summed E-state index contributed by atoms with van der Waals surface area (Å²) in [6, 6.07) is 5.78. The Bertz CT molecular complexity index is 590. The summed E-state index contributed by atoms with van der Waals surface area (Å²) in [6.07, 6.45) is 2.33. The molecule has 100 valence electrons. The van der Waals surface area contributed by atoms with Gasteiger partial charge in [-0.15, -0.1) is 0 Å². The summed E-state index contributed by atoms with van der Waals surface area (Å²) in [7, 11) is 1.47. The van der Waals surface area contributed by atoms with E-state index in [0.29, 0.717) is 16.5 Å². The van der Waals surface area contributed by atoms with Crippen molar-refractivity contribution in [3.63, 3.8) is 0 Å². The fourth-order valence-electron chi connectivity index (χ4n) is 1.52. The molecule has 5 nitrogen and oxygen atoms in total. The first-order valence-electron chi connectivity index (χ1n) is 5.76. The van der Waals surface area contributed by atoms with Gasteiger partial charge >= 0.3 is 6.01 Å². The molecule has 0 spiro atoms. The maximum absolute atomic E-state index is 5.97. The van der Waals surface area contributed by atoms with E-state index in [2.05, 4.69) is 16.9 Å². The van der Waals surface area contributed by atoms with E-state index in [9.17, 15) is 0 Å². The molecule has 1 aromatic heterocycles. The third-order valence-corrected chi connectivity index (χ3v) is 2.82. The SMILES string of the molecule is CCc1ccc(Oc2nc(OC)ncc2Cl)c(N)c1. The maximum atomic E-state index is 5.97. The Morgan fingerprint density at radius 1 is 1.37 bits per heavy atom. The van der Waals surface area contributed by atoms with Crippen LogP contribution < -0.4 is 15.2 Å². The van der Waals surface area contributed by atoms with Crippen molar-refractivity contribution < 1.29 is 9.47 Å². The number of benzene rings is 1. The second kappa shape index (κ2) is 5.75. The van der Waals surface area contributed by atoms with Crippen molar-refractivity contribution in [1.82, 2.24) is 9.97 Å². The molecule has 2 aromatic rings. The van der Waals surface area contributed by atoms with E-state index in [-0.39, 0.29) is 11.9 Å². The van der Waals surface area contributed by atoms with Gasteiger partial charge in [-0.05, 0) is 24.1 Å². The molecule has 6 heteroatoms. The highest BCUT2D eigenvalue weighted by atomic mass is 35.5. The van der Waals surface area contributed by atoms with Crippen molar-refractivity contribution in [2.45, 2.75) is 13.3 Å². The van der Waals surface area contributed by atoms with Gasteiger partial charge in [0.1, 0.15) is 5.02 Å². The van der Waals surface area contributed by atoms with Gasteiger partial charge in [0, 0.05) is 0 Å².